The van der Waals surface area contributed by atoms with E-state index in [2.05, 4.69) is 0 Å². The van der Waals surface area contributed by atoms with Gasteiger partial charge < -0.3 is 9.84 Å². The number of hydrogen-bond donors (Lipinski definition) is 1. The molecule has 16 heavy (non-hydrogen) atoms. The second-order valence-corrected chi connectivity index (χ2v) is 5.37. The topological polar surface area (TPSA) is 63.6 Å². The lowest BCUT2D eigenvalue weighted by atomic mass is 9.79. The molecule has 1 saturated carbocycles. The van der Waals surface area contributed by atoms with E-state index in [0.29, 0.717) is 12.8 Å². The third-order valence-electron chi connectivity index (χ3n) is 2.79. The van der Waals surface area contributed by atoms with Crippen molar-refractivity contribution in [3.05, 3.63) is 0 Å². The van der Waals surface area contributed by atoms with Crippen molar-refractivity contribution in [2.45, 2.75) is 52.1 Å². The Kier molecular flexibility index (Phi) is 3.94. The summed E-state index contributed by atoms with van der Waals surface area (Å²) in [5.41, 5.74) is -0.544. The van der Waals surface area contributed by atoms with Crippen molar-refractivity contribution < 1.29 is 19.4 Å². The Morgan fingerprint density at radius 3 is 2.06 bits per heavy atom. The summed E-state index contributed by atoms with van der Waals surface area (Å²) in [4.78, 5) is 22.9. The average Bonchev–Trinajstić information content (AvgIpc) is 2.15. The Morgan fingerprint density at radius 2 is 1.62 bits per heavy atom. The first-order valence-corrected chi connectivity index (χ1v) is 5.77. The van der Waals surface area contributed by atoms with Crippen LogP contribution in [-0.2, 0) is 14.3 Å². The Labute approximate surface area is 96.0 Å². The lowest BCUT2D eigenvalue weighted by Crippen LogP contribution is -2.37. The predicted octanol–water partition coefficient (Wildman–Crippen LogP) is 2.22. The minimum atomic E-state index is -0.879. The summed E-state index contributed by atoms with van der Waals surface area (Å²) in [6.07, 6.45) is 3.01. The van der Waals surface area contributed by atoms with E-state index in [-0.39, 0.29) is 5.97 Å². The highest BCUT2D eigenvalue weighted by Crippen LogP contribution is 2.32. The molecule has 0 saturated heterocycles. The third kappa shape index (κ3) is 3.51. The van der Waals surface area contributed by atoms with Crippen molar-refractivity contribution in [2.24, 2.45) is 11.8 Å². The van der Waals surface area contributed by atoms with Gasteiger partial charge in [0.25, 0.3) is 0 Å². The van der Waals surface area contributed by atoms with Gasteiger partial charge in [0.1, 0.15) is 5.60 Å². The fourth-order valence-electron chi connectivity index (χ4n) is 2.09. The smallest absolute Gasteiger partial charge is 0.310 e. The molecule has 0 aromatic carbocycles. The molecule has 1 fully saturated rings. The molecule has 0 bridgehead atoms. The van der Waals surface area contributed by atoms with E-state index < -0.39 is 23.4 Å². The van der Waals surface area contributed by atoms with E-state index in [9.17, 15) is 9.59 Å². The standard InChI is InChI=1S/C12H20O4/c1-12(2,3)16-11(15)9-7-5-4-6-8(9)10(13)14/h8-9H,4-7H2,1-3H3,(H,13,14)/t8-,9-/m1/s1. The van der Waals surface area contributed by atoms with Crippen molar-refractivity contribution in [3.63, 3.8) is 0 Å². The van der Waals surface area contributed by atoms with Crippen LogP contribution in [0.15, 0.2) is 0 Å². The summed E-state index contributed by atoms with van der Waals surface area (Å²) in [7, 11) is 0. The quantitative estimate of drug-likeness (QED) is 0.736. The van der Waals surface area contributed by atoms with Crippen LogP contribution in [-0.4, -0.2) is 22.6 Å². The molecule has 2 atom stereocenters. The fourth-order valence-corrected chi connectivity index (χ4v) is 2.09. The highest BCUT2D eigenvalue weighted by molar-refractivity contribution is 5.81. The van der Waals surface area contributed by atoms with Gasteiger partial charge in [0, 0.05) is 0 Å². The summed E-state index contributed by atoms with van der Waals surface area (Å²) in [5.74, 6) is -2.27. The van der Waals surface area contributed by atoms with Gasteiger partial charge in [-0.3, -0.25) is 9.59 Å². The lowest BCUT2D eigenvalue weighted by molar-refractivity contribution is -0.168. The zero-order valence-corrected chi connectivity index (χ0v) is 10.2. The number of rotatable bonds is 2. The van der Waals surface area contributed by atoms with Crippen molar-refractivity contribution >= 4 is 11.9 Å². The summed E-state index contributed by atoms with van der Waals surface area (Å²) < 4.78 is 5.26. The number of hydrogen-bond acceptors (Lipinski definition) is 3. The van der Waals surface area contributed by atoms with Crippen LogP contribution in [0.3, 0.4) is 0 Å². The molecule has 4 heteroatoms. The zero-order valence-electron chi connectivity index (χ0n) is 10.2. The lowest BCUT2D eigenvalue weighted by Gasteiger charge is -2.30. The summed E-state index contributed by atoms with van der Waals surface area (Å²) in [5, 5.41) is 9.05. The van der Waals surface area contributed by atoms with Crippen LogP contribution in [0.4, 0.5) is 0 Å². The summed E-state index contributed by atoms with van der Waals surface area (Å²) in [6, 6.07) is 0. The normalized spacial score (nSPS) is 26.2. The third-order valence-corrected chi connectivity index (χ3v) is 2.79. The van der Waals surface area contributed by atoms with Gasteiger partial charge in [0.05, 0.1) is 11.8 Å². The molecule has 0 heterocycles. The number of esters is 1. The number of ether oxygens (including phenoxy) is 1. The number of carboxylic acids is 1. The number of carbonyl (C=O) groups is 2. The minimum absolute atomic E-state index is 0.361. The summed E-state index contributed by atoms with van der Waals surface area (Å²) in [6.45, 7) is 5.39. The second kappa shape index (κ2) is 4.85. The van der Waals surface area contributed by atoms with Crippen LogP contribution >= 0.6 is 0 Å². The molecule has 0 radical (unpaired) electrons. The van der Waals surface area contributed by atoms with Crippen molar-refractivity contribution in [2.75, 3.05) is 0 Å². The summed E-state index contributed by atoms with van der Waals surface area (Å²) >= 11 is 0. The fraction of sp³-hybridized carbons (Fsp3) is 0.833. The first-order valence-electron chi connectivity index (χ1n) is 5.77. The number of aliphatic carboxylic acids is 1. The molecule has 1 aliphatic carbocycles. The number of carboxylic acid groups (broad SMARTS) is 1. The van der Waals surface area contributed by atoms with Crippen LogP contribution in [0.2, 0.25) is 0 Å². The van der Waals surface area contributed by atoms with Gasteiger partial charge in [-0.05, 0) is 33.6 Å². The maximum atomic E-state index is 11.8. The predicted molar refractivity (Wildman–Crippen MR) is 58.9 cm³/mol. The van der Waals surface area contributed by atoms with Crippen LogP contribution in [0.5, 0.6) is 0 Å². The molecule has 0 spiro atoms. The highest BCUT2D eigenvalue weighted by Gasteiger charge is 2.38. The van der Waals surface area contributed by atoms with Gasteiger partial charge in [0.2, 0.25) is 0 Å². The molecule has 0 unspecified atom stereocenters. The zero-order chi connectivity index (χ0) is 12.3. The Balaban J connectivity index is 2.68. The molecule has 1 rings (SSSR count). The molecule has 0 aliphatic heterocycles. The first-order chi connectivity index (χ1) is 7.31. The van der Waals surface area contributed by atoms with Crippen LogP contribution in [0, 0.1) is 11.8 Å². The average molecular weight is 228 g/mol. The van der Waals surface area contributed by atoms with Gasteiger partial charge in [-0.1, -0.05) is 12.8 Å². The SMILES string of the molecule is CC(C)(C)OC(=O)[C@@H]1CCCC[C@H]1C(=O)O. The van der Waals surface area contributed by atoms with Gasteiger partial charge in [-0.25, -0.2) is 0 Å². The molecule has 92 valence electrons. The molecule has 0 amide bonds. The second-order valence-electron chi connectivity index (χ2n) is 5.37. The Hall–Kier alpha value is -1.06. The maximum absolute atomic E-state index is 11.8. The monoisotopic (exact) mass is 228 g/mol. The Bertz CT molecular complexity index is 277. The molecule has 1 N–H and O–H groups in total. The van der Waals surface area contributed by atoms with E-state index >= 15 is 0 Å². The molecule has 0 aromatic heterocycles. The highest BCUT2D eigenvalue weighted by atomic mass is 16.6. The van der Waals surface area contributed by atoms with Gasteiger partial charge in [-0.15, -0.1) is 0 Å². The van der Waals surface area contributed by atoms with Crippen molar-refractivity contribution in [1.29, 1.82) is 0 Å². The largest absolute Gasteiger partial charge is 0.481 e. The molecule has 0 aromatic rings. The van der Waals surface area contributed by atoms with Gasteiger partial charge in [0.15, 0.2) is 0 Å². The van der Waals surface area contributed by atoms with Gasteiger partial charge in [-0.2, -0.15) is 0 Å². The van der Waals surface area contributed by atoms with Gasteiger partial charge >= 0.3 is 11.9 Å². The van der Waals surface area contributed by atoms with E-state index in [1.165, 1.54) is 0 Å². The van der Waals surface area contributed by atoms with E-state index in [1.54, 1.807) is 20.8 Å². The van der Waals surface area contributed by atoms with Crippen LogP contribution in [0.1, 0.15) is 46.5 Å². The number of carbonyl (C=O) groups excluding carboxylic acids is 1. The minimum Gasteiger partial charge on any atom is -0.481 e. The first kappa shape index (κ1) is 13.0. The molecular formula is C12H20O4. The van der Waals surface area contributed by atoms with Crippen LogP contribution in [0.25, 0.3) is 0 Å². The molecule has 1 aliphatic rings. The molecule has 4 nitrogen and oxygen atoms in total. The maximum Gasteiger partial charge on any atom is 0.310 e. The van der Waals surface area contributed by atoms with Crippen molar-refractivity contribution in [1.82, 2.24) is 0 Å². The van der Waals surface area contributed by atoms with E-state index in [4.69, 9.17) is 9.84 Å². The van der Waals surface area contributed by atoms with Crippen LogP contribution < -0.4 is 0 Å². The molecular weight excluding hydrogens is 208 g/mol. The van der Waals surface area contributed by atoms with E-state index in [0.717, 1.165) is 12.8 Å². The van der Waals surface area contributed by atoms with E-state index in [1.807, 2.05) is 0 Å². The van der Waals surface area contributed by atoms with Crippen molar-refractivity contribution in [3.8, 4) is 0 Å². The Morgan fingerprint density at radius 1 is 1.12 bits per heavy atom.